The van der Waals surface area contributed by atoms with Gasteiger partial charge in [-0.05, 0) is 46.5 Å². The highest BCUT2D eigenvalue weighted by molar-refractivity contribution is 6.23. The van der Waals surface area contributed by atoms with E-state index in [1.165, 1.54) is 19.3 Å². The fourth-order valence-corrected chi connectivity index (χ4v) is 1.74. The van der Waals surface area contributed by atoms with Crippen LogP contribution < -0.4 is 0 Å². The third-order valence-electron chi connectivity index (χ3n) is 2.15. The molecule has 0 amide bonds. The Bertz CT molecular complexity index is 188. The van der Waals surface area contributed by atoms with E-state index in [1.807, 2.05) is 20.8 Å². The Hall–Kier alpha value is -0.110. The van der Waals surface area contributed by atoms with Gasteiger partial charge in [0.15, 0.2) is 5.00 Å². The molecule has 0 unspecified atom stereocenters. The first-order valence-electron chi connectivity index (χ1n) is 5.04. The number of nitrogens with zero attached hydrogens (tertiary/aromatic N) is 2. The summed E-state index contributed by atoms with van der Waals surface area (Å²) in [4.78, 5) is -0.383. The van der Waals surface area contributed by atoms with E-state index in [0.29, 0.717) is 0 Å². The molecule has 0 aromatic heterocycles. The molecule has 1 aliphatic rings. The van der Waals surface area contributed by atoms with Crippen molar-refractivity contribution in [3.05, 3.63) is 0 Å². The first kappa shape index (κ1) is 11.0. The van der Waals surface area contributed by atoms with E-state index in [-0.39, 0.29) is 10.5 Å². The van der Waals surface area contributed by atoms with Gasteiger partial charge < -0.3 is 0 Å². The molecule has 0 radical (unpaired) electrons. The minimum atomic E-state index is -0.383. The summed E-state index contributed by atoms with van der Waals surface area (Å²) in [6.07, 6.45) is 5.63. The van der Waals surface area contributed by atoms with Crippen molar-refractivity contribution in [2.75, 3.05) is 0 Å². The normalized spacial score (nSPS) is 23.7. The lowest BCUT2D eigenvalue weighted by Crippen LogP contribution is -2.23. The number of alkyl halides is 1. The van der Waals surface area contributed by atoms with Crippen LogP contribution in [-0.4, -0.2) is 10.5 Å². The number of halogens is 1. The summed E-state index contributed by atoms with van der Waals surface area (Å²) in [5.74, 6) is 0. The first-order chi connectivity index (χ1) is 5.91. The molecule has 3 heteroatoms. The van der Waals surface area contributed by atoms with Gasteiger partial charge in [-0.2, -0.15) is 10.2 Å². The van der Waals surface area contributed by atoms with Gasteiger partial charge in [-0.15, -0.1) is 0 Å². The highest BCUT2D eigenvalue weighted by Gasteiger charge is 2.29. The van der Waals surface area contributed by atoms with Crippen LogP contribution in [0.5, 0.6) is 0 Å². The van der Waals surface area contributed by atoms with Crippen molar-refractivity contribution in [1.82, 2.24) is 0 Å². The second kappa shape index (κ2) is 3.95. The van der Waals surface area contributed by atoms with Gasteiger partial charge in [-0.25, -0.2) is 0 Å². The van der Waals surface area contributed by atoms with Crippen LogP contribution in [0.2, 0.25) is 0 Å². The van der Waals surface area contributed by atoms with Gasteiger partial charge in [0.05, 0.1) is 5.54 Å². The molecule has 0 heterocycles. The molecular formula is C10H19ClN2. The van der Waals surface area contributed by atoms with Crippen molar-refractivity contribution in [2.24, 2.45) is 10.2 Å². The van der Waals surface area contributed by atoms with Crippen molar-refractivity contribution in [2.45, 2.75) is 63.4 Å². The second-order valence-corrected chi connectivity index (χ2v) is 5.55. The van der Waals surface area contributed by atoms with Crippen molar-refractivity contribution < 1.29 is 0 Å². The van der Waals surface area contributed by atoms with Gasteiger partial charge in [0, 0.05) is 0 Å². The Morgan fingerprint density at radius 3 is 2.08 bits per heavy atom. The fraction of sp³-hybridized carbons (Fsp3) is 1.00. The van der Waals surface area contributed by atoms with Crippen LogP contribution in [0.1, 0.15) is 52.9 Å². The Kier molecular flexibility index (Phi) is 3.33. The zero-order valence-corrected chi connectivity index (χ0v) is 9.56. The summed E-state index contributed by atoms with van der Waals surface area (Å²) in [5.41, 5.74) is -0.0979. The van der Waals surface area contributed by atoms with Crippen molar-refractivity contribution in [3.8, 4) is 0 Å². The quantitative estimate of drug-likeness (QED) is 0.347. The van der Waals surface area contributed by atoms with Crippen LogP contribution in [0, 0.1) is 0 Å². The van der Waals surface area contributed by atoms with Crippen LogP contribution in [0.15, 0.2) is 10.2 Å². The Morgan fingerprint density at radius 1 is 1.08 bits per heavy atom. The van der Waals surface area contributed by atoms with E-state index >= 15 is 0 Å². The van der Waals surface area contributed by atoms with Crippen LogP contribution in [0.3, 0.4) is 0 Å². The number of hydrogen-bond acceptors (Lipinski definition) is 2. The van der Waals surface area contributed by atoms with Crippen molar-refractivity contribution in [1.29, 1.82) is 0 Å². The zero-order chi connectivity index (χ0) is 9.95. The van der Waals surface area contributed by atoms with Gasteiger partial charge in [0.2, 0.25) is 0 Å². The lowest BCUT2D eigenvalue weighted by Gasteiger charge is -2.26. The van der Waals surface area contributed by atoms with E-state index in [0.717, 1.165) is 12.8 Å². The summed E-state index contributed by atoms with van der Waals surface area (Å²) in [6, 6.07) is 0. The Morgan fingerprint density at radius 2 is 1.62 bits per heavy atom. The summed E-state index contributed by atoms with van der Waals surface area (Å²) >= 11 is 6.32. The van der Waals surface area contributed by atoms with Crippen molar-refractivity contribution in [3.63, 3.8) is 0 Å². The smallest absolute Gasteiger partial charge is 0.154 e. The molecule has 1 rings (SSSR count). The topological polar surface area (TPSA) is 24.7 Å². The third kappa shape index (κ3) is 4.08. The standard InChI is InChI=1S/C10H19ClN2/c1-9(2,3)12-13-10(11)7-5-4-6-8-10/h4-8H2,1-3H3/b13-12+. The van der Waals surface area contributed by atoms with Gasteiger partial charge in [0.1, 0.15) is 0 Å². The highest BCUT2D eigenvalue weighted by Crippen LogP contribution is 2.36. The summed E-state index contributed by atoms with van der Waals surface area (Å²) in [7, 11) is 0. The maximum absolute atomic E-state index is 6.32. The molecule has 0 saturated heterocycles. The minimum Gasteiger partial charge on any atom is -0.187 e. The average Bonchev–Trinajstić information content (AvgIpc) is 2.02. The molecule has 0 spiro atoms. The highest BCUT2D eigenvalue weighted by atomic mass is 35.5. The Labute approximate surface area is 85.8 Å². The molecule has 0 aromatic carbocycles. The molecule has 0 aliphatic heterocycles. The van der Waals surface area contributed by atoms with Gasteiger partial charge in [-0.3, -0.25) is 0 Å². The van der Waals surface area contributed by atoms with Crippen LogP contribution in [0.4, 0.5) is 0 Å². The number of rotatable bonds is 1. The molecule has 13 heavy (non-hydrogen) atoms. The molecule has 1 saturated carbocycles. The van der Waals surface area contributed by atoms with Gasteiger partial charge in [-0.1, -0.05) is 18.0 Å². The fourth-order valence-electron chi connectivity index (χ4n) is 1.43. The number of azo groups is 1. The third-order valence-corrected chi connectivity index (χ3v) is 2.60. The van der Waals surface area contributed by atoms with Crippen LogP contribution in [-0.2, 0) is 0 Å². The van der Waals surface area contributed by atoms with Gasteiger partial charge in [0.25, 0.3) is 0 Å². The molecule has 2 nitrogen and oxygen atoms in total. The molecule has 0 aromatic rings. The lowest BCUT2D eigenvalue weighted by molar-refractivity contribution is 0.370. The van der Waals surface area contributed by atoms with Crippen LogP contribution in [0.25, 0.3) is 0 Å². The van der Waals surface area contributed by atoms with E-state index in [1.54, 1.807) is 0 Å². The van der Waals surface area contributed by atoms with Gasteiger partial charge >= 0.3 is 0 Å². The van der Waals surface area contributed by atoms with Crippen molar-refractivity contribution >= 4 is 11.6 Å². The maximum Gasteiger partial charge on any atom is 0.154 e. The zero-order valence-electron chi connectivity index (χ0n) is 8.81. The van der Waals surface area contributed by atoms with Crippen LogP contribution >= 0.6 is 11.6 Å². The van der Waals surface area contributed by atoms with E-state index in [2.05, 4.69) is 10.2 Å². The summed E-state index contributed by atoms with van der Waals surface area (Å²) in [5, 5.41) is 8.52. The van der Waals surface area contributed by atoms with E-state index in [9.17, 15) is 0 Å². The first-order valence-corrected chi connectivity index (χ1v) is 5.42. The summed E-state index contributed by atoms with van der Waals surface area (Å²) < 4.78 is 0. The molecule has 76 valence electrons. The molecule has 1 aliphatic carbocycles. The largest absolute Gasteiger partial charge is 0.187 e. The van der Waals surface area contributed by atoms with E-state index < -0.39 is 0 Å². The SMILES string of the molecule is CC(C)(C)/N=N/C1(Cl)CCCCC1. The molecule has 1 fully saturated rings. The predicted octanol–water partition coefficient (Wildman–Crippen LogP) is 4.14. The predicted molar refractivity (Wildman–Crippen MR) is 56.3 cm³/mol. The maximum atomic E-state index is 6.32. The monoisotopic (exact) mass is 202 g/mol. The second-order valence-electron chi connectivity index (χ2n) is 4.85. The Balaban J connectivity index is 2.55. The van der Waals surface area contributed by atoms with E-state index in [4.69, 9.17) is 11.6 Å². The average molecular weight is 203 g/mol. The lowest BCUT2D eigenvalue weighted by atomic mass is 9.95. The molecular weight excluding hydrogens is 184 g/mol. The molecule has 0 bridgehead atoms. The molecule has 0 N–H and O–H groups in total. The minimum absolute atomic E-state index is 0.0979. The molecule has 0 atom stereocenters. The number of hydrogen-bond donors (Lipinski definition) is 0. The summed E-state index contributed by atoms with van der Waals surface area (Å²) in [6.45, 7) is 6.12.